The van der Waals surface area contributed by atoms with Gasteiger partial charge in [0.25, 0.3) is 0 Å². The first kappa shape index (κ1) is 18.2. The number of rotatable bonds is 3. The Bertz CT molecular complexity index is 635. The number of benzene rings is 1. The lowest BCUT2D eigenvalue weighted by Gasteiger charge is -2.43. The predicted octanol–water partition coefficient (Wildman–Crippen LogP) is 5.42. The number of hydrogen-bond acceptors (Lipinski definition) is 2. The zero-order valence-corrected chi connectivity index (χ0v) is 16.7. The van der Waals surface area contributed by atoms with Crippen molar-refractivity contribution in [3.8, 4) is 0 Å². The van der Waals surface area contributed by atoms with Crippen LogP contribution < -0.4 is 0 Å². The van der Waals surface area contributed by atoms with E-state index in [1.165, 1.54) is 35.1 Å². The third-order valence-corrected chi connectivity index (χ3v) is 6.40. The van der Waals surface area contributed by atoms with Crippen molar-refractivity contribution >= 4 is 11.6 Å². The highest BCUT2D eigenvalue weighted by molar-refractivity contribution is 6.18. The number of ether oxygens (including phenoxy) is 2. The van der Waals surface area contributed by atoms with Gasteiger partial charge < -0.3 is 9.47 Å². The molecule has 1 saturated heterocycles. The third-order valence-electron chi connectivity index (χ3n) is 6.06. The van der Waals surface area contributed by atoms with Crippen LogP contribution in [0.25, 0.3) is 0 Å². The Morgan fingerprint density at radius 1 is 1.00 bits per heavy atom. The minimum Gasteiger partial charge on any atom is -0.343 e. The van der Waals surface area contributed by atoms with Gasteiger partial charge in [-0.3, -0.25) is 0 Å². The average Bonchev–Trinajstić information content (AvgIpc) is 2.93. The predicted molar refractivity (Wildman–Crippen MR) is 100 cm³/mol. The molecule has 1 aromatic carbocycles. The Hall–Kier alpha value is -0.570. The molecule has 2 nitrogen and oxygen atoms in total. The summed E-state index contributed by atoms with van der Waals surface area (Å²) in [6.45, 7) is 14.3. The van der Waals surface area contributed by atoms with Crippen molar-refractivity contribution in [1.82, 2.24) is 0 Å². The quantitative estimate of drug-likeness (QED) is 0.677. The van der Waals surface area contributed by atoms with Crippen LogP contribution in [0.4, 0.5) is 0 Å². The Morgan fingerprint density at radius 3 is 2.08 bits per heavy atom. The molecule has 0 amide bonds. The molecule has 0 bridgehead atoms. The van der Waals surface area contributed by atoms with Crippen LogP contribution in [0.3, 0.4) is 0 Å². The Balaban J connectivity index is 2.15. The lowest BCUT2D eigenvalue weighted by atomic mass is 9.62. The number of alkyl halides is 1. The van der Waals surface area contributed by atoms with Crippen LogP contribution in [0.2, 0.25) is 0 Å². The molecule has 0 radical (unpaired) electrons. The summed E-state index contributed by atoms with van der Waals surface area (Å²) >= 11 is 5.99. The van der Waals surface area contributed by atoms with E-state index in [0.717, 1.165) is 6.42 Å². The fraction of sp³-hybridized carbons (Fsp3) is 0.714. The first-order valence-electron chi connectivity index (χ1n) is 9.19. The van der Waals surface area contributed by atoms with Crippen LogP contribution in [0, 0.1) is 0 Å². The van der Waals surface area contributed by atoms with Gasteiger partial charge in [0.05, 0.1) is 18.6 Å². The second kappa shape index (κ2) is 6.00. The summed E-state index contributed by atoms with van der Waals surface area (Å²) in [6, 6.07) is 4.78. The topological polar surface area (TPSA) is 18.5 Å². The van der Waals surface area contributed by atoms with Crippen LogP contribution in [0.15, 0.2) is 12.1 Å². The summed E-state index contributed by atoms with van der Waals surface area (Å²) in [5.41, 5.74) is 5.87. The highest BCUT2D eigenvalue weighted by Crippen LogP contribution is 2.48. The van der Waals surface area contributed by atoms with Crippen molar-refractivity contribution in [2.24, 2.45) is 0 Å². The number of hydrogen-bond donors (Lipinski definition) is 0. The molecule has 1 heterocycles. The molecular formula is C21H31ClO2. The van der Waals surface area contributed by atoms with Crippen molar-refractivity contribution in [3.63, 3.8) is 0 Å². The molecule has 0 spiro atoms. The van der Waals surface area contributed by atoms with Crippen molar-refractivity contribution in [2.45, 2.75) is 83.5 Å². The molecule has 2 atom stereocenters. The van der Waals surface area contributed by atoms with Gasteiger partial charge in [0.15, 0.2) is 5.79 Å². The lowest BCUT2D eigenvalue weighted by Crippen LogP contribution is -2.35. The van der Waals surface area contributed by atoms with Gasteiger partial charge in [0.1, 0.15) is 0 Å². The van der Waals surface area contributed by atoms with Crippen molar-refractivity contribution in [3.05, 3.63) is 34.4 Å². The summed E-state index contributed by atoms with van der Waals surface area (Å²) in [5, 5.41) is 0. The molecule has 3 heteroatoms. The smallest absolute Gasteiger partial charge is 0.192 e. The molecular weight excluding hydrogens is 320 g/mol. The van der Waals surface area contributed by atoms with Crippen LogP contribution in [-0.4, -0.2) is 18.6 Å². The first-order valence-corrected chi connectivity index (χ1v) is 9.72. The zero-order valence-electron chi connectivity index (χ0n) is 16.0. The summed E-state index contributed by atoms with van der Waals surface area (Å²) in [6.07, 6.45) is 3.39. The van der Waals surface area contributed by atoms with E-state index in [4.69, 9.17) is 21.1 Å². The van der Waals surface area contributed by atoms with Gasteiger partial charge in [-0.15, -0.1) is 11.6 Å². The van der Waals surface area contributed by atoms with Crippen molar-refractivity contribution < 1.29 is 9.47 Å². The van der Waals surface area contributed by atoms with E-state index < -0.39 is 5.79 Å². The van der Waals surface area contributed by atoms with E-state index in [9.17, 15) is 0 Å². The van der Waals surface area contributed by atoms with Crippen LogP contribution in [0.1, 0.15) is 76.6 Å². The number of fused-ring (bicyclic) bond motifs is 1. The molecule has 1 aromatic rings. The van der Waals surface area contributed by atoms with Gasteiger partial charge in [-0.25, -0.2) is 0 Å². The number of aryl methyl sites for hydroxylation is 1. The fourth-order valence-electron chi connectivity index (χ4n) is 4.23. The van der Waals surface area contributed by atoms with Crippen LogP contribution in [0.5, 0.6) is 0 Å². The fourth-order valence-corrected chi connectivity index (χ4v) is 4.38. The van der Waals surface area contributed by atoms with Crippen LogP contribution >= 0.6 is 11.6 Å². The Labute approximate surface area is 151 Å². The normalized spacial score (nSPS) is 31.0. The summed E-state index contributed by atoms with van der Waals surface area (Å²) in [5.74, 6) is -0.210. The maximum atomic E-state index is 6.18. The van der Waals surface area contributed by atoms with E-state index in [1.807, 2.05) is 6.92 Å². The van der Waals surface area contributed by atoms with Gasteiger partial charge in [-0.1, -0.05) is 40.7 Å². The highest BCUT2D eigenvalue weighted by atomic mass is 35.5. The van der Waals surface area contributed by atoms with Gasteiger partial charge >= 0.3 is 0 Å². The van der Waals surface area contributed by atoms with Crippen LogP contribution in [-0.2, 0) is 32.5 Å². The van der Waals surface area contributed by atoms with E-state index in [2.05, 4.69) is 46.8 Å². The first-order chi connectivity index (χ1) is 11.1. The highest BCUT2D eigenvalue weighted by Gasteiger charge is 2.43. The molecule has 24 heavy (non-hydrogen) atoms. The third kappa shape index (κ3) is 2.91. The van der Waals surface area contributed by atoms with Gasteiger partial charge in [-0.05, 0) is 59.8 Å². The SMILES string of the molecule is CCc1cc2c(cc1[C@@]1(C)OC[C@H](CCl)O1)C(C)(C)CCC2(C)C. The Morgan fingerprint density at radius 2 is 1.58 bits per heavy atom. The molecule has 2 aliphatic rings. The minimum atomic E-state index is -0.683. The molecule has 0 saturated carbocycles. The van der Waals surface area contributed by atoms with E-state index in [1.54, 1.807) is 0 Å². The molecule has 1 aliphatic carbocycles. The van der Waals surface area contributed by atoms with Gasteiger partial charge in [0, 0.05) is 5.56 Å². The second-order valence-corrected chi connectivity index (χ2v) is 9.14. The summed E-state index contributed by atoms with van der Waals surface area (Å²) < 4.78 is 12.3. The van der Waals surface area contributed by atoms with Gasteiger partial charge in [0.2, 0.25) is 0 Å². The minimum absolute atomic E-state index is 0.0261. The average molecular weight is 351 g/mol. The molecule has 1 fully saturated rings. The largest absolute Gasteiger partial charge is 0.343 e. The summed E-state index contributed by atoms with van der Waals surface area (Å²) in [7, 11) is 0. The van der Waals surface area contributed by atoms with E-state index in [0.29, 0.717) is 12.5 Å². The molecule has 3 rings (SSSR count). The van der Waals surface area contributed by atoms with Crippen molar-refractivity contribution in [1.29, 1.82) is 0 Å². The zero-order chi connectivity index (χ0) is 17.8. The molecule has 0 unspecified atom stereocenters. The second-order valence-electron chi connectivity index (χ2n) is 8.83. The molecule has 1 aliphatic heterocycles. The monoisotopic (exact) mass is 350 g/mol. The molecule has 134 valence electrons. The Kier molecular flexibility index (Phi) is 4.56. The van der Waals surface area contributed by atoms with Gasteiger partial charge in [-0.2, -0.15) is 0 Å². The van der Waals surface area contributed by atoms with E-state index in [-0.39, 0.29) is 16.9 Å². The lowest BCUT2D eigenvalue weighted by molar-refractivity contribution is -0.160. The maximum absolute atomic E-state index is 6.18. The maximum Gasteiger partial charge on any atom is 0.192 e. The van der Waals surface area contributed by atoms with Crippen molar-refractivity contribution in [2.75, 3.05) is 12.5 Å². The molecule has 0 aromatic heterocycles. The van der Waals surface area contributed by atoms with E-state index >= 15 is 0 Å². The number of halogens is 1. The standard InChI is InChI=1S/C21H31ClO2/c1-7-14-10-17-18(20(4,5)9-8-19(17,2)3)11-16(14)21(6)23-13-15(12-22)24-21/h10-11,15H,7-9,12-13H2,1-6H3/t15-,21-/m0/s1. The molecule has 0 N–H and O–H groups in total. The summed E-state index contributed by atoms with van der Waals surface area (Å²) in [4.78, 5) is 0.